The largest absolute Gasteiger partial charge is 0.394 e. The molecule has 5 heteroatoms. The summed E-state index contributed by atoms with van der Waals surface area (Å²) in [5.41, 5.74) is 0. The lowest BCUT2D eigenvalue weighted by Gasteiger charge is -2.26. The van der Waals surface area contributed by atoms with Crippen LogP contribution in [0.5, 0.6) is 0 Å². The molecule has 0 rings (SSSR count). The maximum atomic E-state index is 12.5. The first-order valence-corrected chi connectivity index (χ1v) is 30.3. The van der Waals surface area contributed by atoms with E-state index in [1.807, 2.05) is 0 Å². The van der Waals surface area contributed by atoms with Crippen LogP contribution in [0.3, 0.4) is 0 Å². The van der Waals surface area contributed by atoms with Crippen LogP contribution in [0.2, 0.25) is 0 Å². The summed E-state index contributed by atoms with van der Waals surface area (Å²) < 4.78 is 0. The Bertz CT molecular complexity index is 1040. The molecule has 0 aromatic rings. The molecule has 0 aliphatic rings. The maximum Gasteiger partial charge on any atom is 0.220 e. The van der Waals surface area contributed by atoms with Crippen molar-refractivity contribution in [1.82, 2.24) is 5.32 Å². The Labute approximate surface area is 419 Å². The average Bonchev–Trinajstić information content (AvgIpc) is 3.33. The van der Waals surface area contributed by atoms with E-state index in [-0.39, 0.29) is 12.5 Å². The summed E-state index contributed by atoms with van der Waals surface area (Å²) in [5, 5.41) is 33.8. The van der Waals surface area contributed by atoms with Crippen molar-refractivity contribution in [1.29, 1.82) is 0 Å². The molecular weight excluding hydrogens is 823 g/mol. The summed E-state index contributed by atoms with van der Waals surface area (Å²) in [5.74, 6) is -0.150. The monoisotopic (exact) mass is 942 g/mol. The fraction of sp³-hybridized carbons (Fsp3) is 0.887. The minimum absolute atomic E-state index is 0.150. The van der Waals surface area contributed by atoms with Crippen molar-refractivity contribution in [2.75, 3.05) is 6.61 Å². The van der Waals surface area contributed by atoms with Crippen molar-refractivity contribution in [2.45, 2.75) is 347 Å². The third kappa shape index (κ3) is 52.2. The van der Waals surface area contributed by atoms with Crippen LogP contribution in [0.4, 0.5) is 0 Å². The predicted octanol–water partition coefficient (Wildman–Crippen LogP) is 19.0. The Morgan fingerprint density at radius 1 is 0.373 bits per heavy atom. The highest BCUT2D eigenvalue weighted by Gasteiger charge is 2.26. The van der Waals surface area contributed by atoms with E-state index >= 15 is 0 Å². The van der Waals surface area contributed by atoms with Gasteiger partial charge in [-0.05, 0) is 70.6 Å². The lowest BCUT2D eigenvalue weighted by atomic mass is 10.0. The smallest absolute Gasteiger partial charge is 0.220 e. The molecule has 0 saturated heterocycles. The quantitative estimate of drug-likeness (QED) is 0.0361. The number of hydrogen-bond donors (Lipinski definition) is 4. The minimum atomic E-state index is -1.16. The number of unbranched alkanes of at least 4 members (excludes halogenated alkanes) is 42. The van der Waals surface area contributed by atoms with Crippen LogP contribution in [0.1, 0.15) is 328 Å². The molecule has 0 heterocycles. The molecule has 3 atom stereocenters. The van der Waals surface area contributed by atoms with Gasteiger partial charge in [-0.15, -0.1) is 0 Å². The van der Waals surface area contributed by atoms with Gasteiger partial charge in [0.1, 0.15) is 6.10 Å². The van der Waals surface area contributed by atoms with Gasteiger partial charge in [0, 0.05) is 6.42 Å². The van der Waals surface area contributed by atoms with Crippen LogP contribution >= 0.6 is 0 Å². The van der Waals surface area contributed by atoms with Crippen molar-refractivity contribution >= 4 is 5.91 Å². The zero-order valence-corrected chi connectivity index (χ0v) is 45.3. The molecule has 0 bridgehead atoms. The van der Waals surface area contributed by atoms with Crippen molar-refractivity contribution in [3.8, 4) is 0 Å². The van der Waals surface area contributed by atoms with Gasteiger partial charge in [-0.2, -0.15) is 0 Å². The molecule has 0 spiro atoms. The molecule has 0 fully saturated rings. The van der Waals surface area contributed by atoms with E-state index in [4.69, 9.17) is 0 Å². The van der Waals surface area contributed by atoms with Gasteiger partial charge in [0.15, 0.2) is 0 Å². The lowest BCUT2D eigenvalue weighted by Crippen LogP contribution is -2.50. The zero-order chi connectivity index (χ0) is 48.6. The summed E-state index contributed by atoms with van der Waals surface area (Å²) in [6.45, 7) is 4.20. The first kappa shape index (κ1) is 65.6. The van der Waals surface area contributed by atoms with Gasteiger partial charge >= 0.3 is 0 Å². The molecule has 0 radical (unpaired) electrons. The topological polar surface area (TPSA) is 89.8 Å². The maximum absolute atomic E-state index is 12.5. The SMILES string of the molecule is CCCCCCCCCCC/C=C\C/C=C\CCCCCCCCCCCCCCCCCC(=O)NC(CO)C(O)C(O)CCC/C=C/CCCCCCCCCCCCCCCCCCC. The highest BCUT2D eigenvalue weighted by Crippen LogP contribution is 2.18. The summed E-state index contributed by atoms with van der Waals surface area (Å²) in [6, 6.07) is -0.827. The number of aliphatic hydroxyl groups excluding tert-OH is 3. The number of carbonyl (C=O) groups is 1. The van der Waals surface area contributed by atoms with E-state index in [2.05, 4.69) is 55.6 Å². The van der Waals surface area contributed by atoms with Crippen molar-refractivity contribution in [2.24, 2.45) is 0 Å². The number of nitrogens with one attached hydrogen (secondary N) is 1. The van der Waals surface area contributed by atoms with Gasteiger partial charge < -0.3 is 20.6 Å². The molecule has 0 aliphatic carbocycles. The van der Waals surface area contributed by atoms with E-state index < -0.39 is 18.2 Å². The van der Waals surface area contributed by atoms with Crippen LogP contribution in [-0.4, -0.2) is 46.1 Å². The Kier molecular flexibility index (Phi) is 55.9. The standard InChI is InChI=1S/C62H119NO4/c1-3-5-7-9-11-13-15-17-19-21-23-25-27-28-29-30-31-32-33-34-35-37-39-41-43-45-47-49-51-53-55-57-61(66)63-59(58-64)62(67)60(65)56-54-52-50-48-46-44-42-40-38-36-26-24-22-20-18-16-14-12-10-8-6-4-2/h23,25,28-29,48,50,59-60,62,64-65,67H,3-22,24,26-27,30-47,49,51-58H2,1-2H3,(H,63,66)/b25-23-,29-28-,50-48+. The van der Waals surface area contributed by atoms with E-state index in [1.54, 1.807) is 0 Å². The second-order valence-corrected chi connectivity index (χ2v) is 20.9. The van der Waals surface area contributed by atoms with Gasteiger partial charge in [-0.3, -0.25) is 4.79 Å². The molecule has 3 unspecified atom stereocenters. The minimum Gasteiger partial charge on any atom is -0.394 e. The molecule has 1 amide bonds. The molecule has 396 valence electrons. The van der Waals surface area contributed by atoms with Crippen LogP contribution < -0.4 is 5.32 Å². The number of rotatable bonds is 56. The lowest BCUT2D eigenvalue weighted by molar-refractivity contribution is -0.124. The average molecular weight is 943 g/mol. The third-order valence-corrected chi connectivity index (χ3v) is 14.2. The third-order valence-electron chi connectivity index (χ3n) is 14.2. The first-order chi connectivity index (χ1) is 33.1. The number of hydrogen-bond acceptors (Lipinski definition) is 4. The number of amides is 1. The summed E-state index contributed by atoms with van der Waals surface area (Å²) in [4.78, 5) is 12.5. The molecule has 0 aliphatic heterocycles. The van der Waals surface area contributed by atoms with Gasteiger partial charge in [0.05, 0.1) is 18.8 Å². The Hall–Kier alpha value is -1.43. The van der Waals surface area contributed by atoms with Crippen molar-refractivity contribution in [3.63, 3.8) is 0 Å². The Morgan fingerprint density at radius 3 is 0.955 bits per heavy atom. The molecule has 0 aromatic carbocycles. The van der Waals surface area contributed by atoms with E-state index in [1.165, 1.54) is 257 Å². The van der Waals surface area contributed by atoms with E-state index in [9.17, 15) is 20.1 Å². The van der Waals surface area contributed by atoms with Crippen LogP contribution in [0, 0.1) is 0 Å². The van der Waals surface area contributed by atoms with Crippen LogP contribution in [-0.2, 0) is 4.79 Å². The van der Waals surface area contributed by atoms with Gasteiger partial charge in [0.2, 0.25) is 5.91 Å². The Balaban J connectivity index is 3.54. The molecular formula is C62H119NO4. The van der Waals surface area contributed by atoms with E-state index in [0.717, 1.165) is 44.9 Å². The van der Waals surface area contributed by atoms with Gasteiger partial charge in [0.25, 0.3) is 0 Å². The first-order valence-electron chi connectivity index (χ1n) is 30.3. The summed E-state index contributed by atoms with van der Waals surface area (Å²) >= 11 is 0. The summed E-state index contributed by atoms with van der Waals surface area (Å²) in [6.07, 6.45) is 74.6. The molecule has 67 heavy (non-hydrogen) atoms. The fourth-order valence-electron chi connectivity index (χ4n) is 9.55. The number of aliphatic hydroxyl groups is 3. The second-order valence-electron chi connectivity index (χ2n) is 20.9. The molecule has 4 N–H and O–H groups in total. The number of carbonyl (C=O) groups excluding carboxylic acids is 1. The number of allylic oxidation sites excluding steroid dienone is 6. The summed E-state index contributed by atoms with van der Waals surface area (Å²) in [7, 11) is 0. The predicted molar refractivity (Wildman–Crippen MR) is 296 cm³/mol. The van der Waals surface area contributed by atoms with Gasteiger partial charge in [-0.1, -0.05) is 288 Å². The second kappa shape index (κ2) is 57.2. The molecule has 0 aromatic heterocycles. The normalized spacial score (nSPS) is 13.4. The Morgan fingerprint density at radius 2 is 0.642 bits per heavy atom. The van der Waals surface area contributed by atoms with Crippen molar-refractivity contribution in [3.05, 3.63) is 36.5 Å². The highest BCUT2D eigenvalue weighted by molar-refractivity contribution is 5.76. The zero-order valence-electron chi connectivity index (χ0n) is 45.3. The van der Waals surface area contributed by atoms with E-state index in [0.29, 0.717) is 12.8 Å². The van der Waals surface area contributed by atoms with Crippen LogP contribution in [0.15, 0.2) is 36.5 Å². The fourth-order valence-corrected chi connectivity index (χ4v) is 9.55. The highest BCUT2D eigenvalue weighted by atomic mass is 16.3. The van der Waals surface area contributed by atoms with Crippen LogP contribution in [0.25, 0.3) is 0 Å². The van der Waals surface area contributed by atoms with Gasteiger partial charge in [-0.25, -0.2) is 0 Å². The van der Waals surface area contributed by atoms with Crippen molar-refractivity contribution < 1.29 is 20.1 Å². The molecule has 5 nitrogen and oxygen atoms in total. The molecule has 0 saturated carbocycles.